The highest BCUT2D eigenvalue weighted by Crippen LogP contribution is 2.16. The van der Waals surface area contributed by atoms with Crippen LogP contribution in [0.2, 0.25) is 5.02 Å². The summed E-state index contributed by atoms with van der Waals surface area (Å²) in [5.74, 6) is -0.720. The molecule has 1 aromatic heterocycles. The Morgan fingerprint density at radius 3 is 2.50 bits per heavy atom. The molecule has 0 bridgehead atoms. The van der Waals surface area contributed by atoms with E-state index in [2.05, 4.69) is 26.4 Å². The van der Waals surface area contributed by atoms with Gasteiger partial charge in [-0.25, -0.2) is 4.68 Å². The number of tetrazole rings is 1. The van der Waals surface area contributed by atoms with Gasteiger partial charge in [-0.05, 0) is 52.7 Å². The van der Waals surface area contributed by atoms with Crippen molar-refractivity contribution in [2.24, 2.45) is 0 Å². The first kappa shape index (κ1) is 17.6. The number of hydrogen-bond acceptors (Lipinski definition) is 5. The van der Waals surface area contributed by atoms with Gasteiger partial charge >= 0.3 is 0 Å². The first-order valence-electron chi connectivity index (χ1n) is 7.79. The van der Waals surface area contributed by atoms with Crippen molar-refractivity contribution in [3.63, 3.8) is 0 Å². The topological polar surface area (TPSA) is 102 Å². The van der Waals surface area contributed by atoms with Crippen molar-refractivity contribution >= 4 is 23.4 Å². The molecule has 2 aromatic carbocycles. The maximum absolute atomic E-state index is 12.1. The third kappa shape index (κ3) is 4.42. The molecular weight excluding hydrogens is 356 g/mol. The smallest absolute Gasteiger partial charge is 0.269 e. The van der Waals surface area contributed by atoms with Gasteiger partial charge in [-0.1, -0.05) is 29.8 Å². The fourth-order valence-corrected chi connectivity index (χ4v) is 2.49. The summed E-state index contributed by atoms with van der Waals surface area (Å²) in [5, 5.41) is 11.5. The summed E-state index contributed by atoms with van der Waals surface area (Å²) in [6, 6.07) is 14.0. The first-order valence-corrected chi connectivity index (χ1v) is 8.17. The number of hydrogen-bond donors (Lipinski definition) is 2. The molecule has 0 spiro atoms. The lowest BCUT2D eigenvalue weighted by Crippen LogP contribution is -2.41. The monoisotopic (exact) mass is 370 g/mol. The Morgan fingerprint density at radius 1 is 1.04 bits per heavy atom. The highest BCUT2D eigenvalue weighted by molar-refractivity contribution is 6.31. The van der Waals surface area contributed by atoms with E-state index in [9.17, 15) is 9.59 Å². The zero-order chi connectivity index (χ0) is 18.4. The molecule has 8 nitrogen and oxygen atoms in total. The first-order chi connectivity index (χ1) is 12.6. The zero-order valence-corrected chi connectivity index (χ0v) is 14.3. The van der Waals surface area contributed by atoms with E-state index in [4.69, 9.17) is 11.6 Å². The van der Waals surface area contributed by atoms with Crippen molar-refractivity contribution in [1.82, 2.24) is 31.1 Å². The summed E-state index contributed by atoms with van der Waals surface area (Å²) in [5.41, 5.74) is 6.78. The normalized spacial score (nSPS) is 10.3. The third-order valence-electron chi connectivity index (χ3n) is 3.64. The minimum absolute atomic E-state index is 0.211. The Morgan fingerprint density at radius 2 is 1.81 bits per heavy atom. The van der Waals surface area contributed by atoms with Crippen molar-refractivity contribution in [3.8, 4) is 5.69 Å². The van der Waals surface area contributed by atoms with Crippen LogP contribution in [0.3, 0.4) is 0 Å². The average molecular weight is 371 g/mol. The number of aromatic nitrogens is 4. The van der Waals surface area contributed by atoms with Crippen LogP contribution in [-0.4, -0.2) is 32.0 Å². The molecular formula is C17H15ClN6O2. The quantitative estimate of drug-likeness (QED) is 0.666. The van der Waals surface area contributed by atoms with Gasteiger partial charge in [0.2, 0.25) is 5.91 Å². The van der Waals surface area contributed by atoms with Crippen molar-refractivity contribution in [1.29, 1.82) is 0 Å². The van der Waals surface area contributed by atoms with Crippen LogP contribution >= 0.6 is 11.6 Å². The summed E-state index contributed by atoms with van der Waals surface area (Å²) < 4.78 is 1.47. The van der Waals surface area contributed by atoms with Gasteiger partial charge in [-0.3, -0.25) is 20.4 Å². The third-order valence-corrected chi connectivity index (χ3v) is 4.01. The number of amides is 2. The molecule has 1 heterocycles. The molecule has 3 aromatic rings. The number of carbonyl (C=O) groups excluding carboxylic acids is 2. The lowest BCUT2D eigenvalue weighted by molar-refractivity contribution is -0.121. The molecule has 0 aliphatic heterocycles. The standard InChI is InChI=1S/C17H15ClN6O2/c18-15-4-2-1-3-12(15)7-10-16(25)20-21-17(26)13-5-8-14(9-6-13)24-11-19-22-23-24/h1-6,8-9,11H,7,10H2,(H,20,25)(H,21,26). The van der Waals surface area contributed by atoms with Crippen LogP contribution in [-0.2, 0) is 11.2 Å². The molecule has 0 saturated carbocycles. The van der Waals surface area contributed by atoms with Crippen molar-refractivity contribution in [3.05, 3.63) is 71.0 Å². The number of nitrogens with zero attached hydrogens (tertiary/aromatic N) is 4. The minimum atomic E-state index is -0.417. The van der Waals surface area contributed by atoms with Crippen LogP contribution in [0.15, 0.2) is 54.9 Å². The van der Waals surface area contributed by atoms with Gasteiger partial charge in [-0.15, -0.1) is 5.10 Å². The molecule has 0 aliphatic rings. The average Bonchev–Trinajstić information content (AvgIpc) is 3.20. The molecule has 0 saturated heterocycles. The van der Waals surface area contributed by atoms with Crippen LogP contribution in [0.25, 0.3) is 5.69 Å². The molecule has 3 rings (SSSR count). The van der Waals surface area contributed by atoms with Gasteiger partial charge in [0.25, 0.3) is 5.91 Å². The summed E-state index contributed by atoms with van der Waals surface area (Å²) in [4.78, 5) is 24.0. The number of benzene rings is 2. The largest absolute Gasteiger partial charge is 0.273 e. The number of halogens is 1. The second-order valence-electron chi connectivity index (χ2n) is 5.39. The van der Waals surface area contributed by atoms with E-state index >= 15 is 0 Å². The second-order valence-corrected chi connectivity index (χ2v) is 5.80. The van der Waals surface area contributed by atoms with Crippen LogP contribution in [0.1, 0.15) is 22.3 Å². The summed E-state index contributed by atoms with van der Waals surface area (Å²) in [7, 11) is 0. The van der Waals surface area contributed by atoms with Gasteiger partial charge in [0.1, 0.15) is 6.33 Å². The predicted octanol–water partition coefficient (Wildman–Crippen LogP) is 1.71. The fourth-order valence-electron chi connectivity index (χ4n) is 2.26. The lowest BCUT2D eigenvalue weighted by atomic mass is 10.1. The molecule has 9 heteroatoms. The molecule has 0 fully saturated rings. The molecule has 0 radical (unpaired) electrons. The van der Waals surface area contributed by atoms with Crippen LogP contribution in [0, 0.1) is 0 Å². The van der Waals surface area contributed by atoms with E-state index < -0.39 is 5.91 Å². The predicted molar refractivity (Wildman–Crippen MR) is 94.5 cm³/mol. The van der Waals surface area contributed by atoms with E-state index in [1.165, 1.54) is 11.0 Å². The molecule has 0 aliphatic carbocycles. The Labute approximate surface area is 154 Å². The van der Waals surface area contributed by atoms with Gasteiger partial charge < -0.3 is 0 Å². The molecule has 0 atom stereocenters. The van der Waals surface area contributed by atoms with Crippen molar-refractivity contribution in [2.45, 2.75) is 12.8 Å². The number of carbonyl (C=O) groups is 2. The second kappa shape index (κ2) is 8.21. The Kier molecular flexibility index (Phi) is 5.55. The minimum Gasteiger partial charge on any atom is -0.273 e. The van der Waals surface area contributed by atoms with E-state index in [0.29, 0.717) is 17.0 Å². The van der Waals surface area contributed by atoms with Crippen LogP contribution in [0.5, 0.6) is 0 Å². The van der Waals surface area contributed by atoms with E-state index in [-0.39, 0.29) is 12.3 Å². The summed E-state index contributed by atoms with van der Waals surface area (Å²) >= 11 is 6.05. The molecule has 2 amide bonds. The lowest BCUT2D eigenvalue weighted by Gasteiger charge is -2.08. The highest BCUT2D eigenvalue weighted by Gasteiger charge is 2.09. The molecule has 0 unspecified atom stereocenters. The highest BCUT2D eigenvalue weighted by atomic mass is 35.5. The number of hydrazine groups is 1. The van der Waals surface area contributed by atoms with Crippen LogP contribution < -0.4 is 10.9 Å². The maximum Gasteiger partial charge on any atom is 0.269 e. The van der Waals surface area contributed by atoms with Gasteiger partial charge in [0.15, 0.2) is 0 Å². The van der Waals surface area contributed by atoms with Gasteiger partial charge in [0.05, 0.1) is 5.69 Å². The van der Waals surface area contributed by atoms with E-state index in [1.807, 2.05) is 18.2 Å². The molecule has 132 valence electrons. The number of rotatable bonds is 5. The molecule has 2 N–H and O–H groups in total. The number of nitrogens with one attached hydrogen (secondary N) is 2. The summed E-state index contributed by atoms with van der Waals surface area (Å²) in [6.07, 6.45) is 2.15. The van der Waals surface area contributed by atoms with Crippen LogP contribution in [0.4, 0.5) is 0 Å². The zero-order valence-electron chi connectivity index (χ0n) is 13.6. The fraction of sp³-hybridized carbons (Fsp3) is 0.118. The van der Waals surface area contributed by atoms with Crippen molar-refractivity contribution < 1.29 is 9.59 Å². The van der Waals surface area contributed by atoms with Crippen molar-refractivity contribution in [2.75, 3.05) is 0 Å². The maximum atomic E-state index is 12.1. The number of aryl methyl sites for hydroxylation is 1. The van der Waals surface area contributed by atoms with E-state index in [1.54, 1.807) is 30.3 Å². The van der Waals surface area contributed by atoms with Gasteiger partial charge in [-0.2, -0.15) is 0 Å². The summed E-state index contributed by atoms with van der Waals surface area (Å²) in [6.45, 7) is 0. The SMILES string of the molecule is O=C(CCc1ccccc1Cl)NNC(=O)c1ccc(-n2cnnn2)cc1. The van der Waals surface area contributed by atoms with Gasteiger partial charge in [0, 0.05) is 17.0 Å². The molecule has 26 heavy (non-hydrogen) atoms. The Bertz CT molecular complexity index is 896. The Hall–Kier alpha value is -3.26. The Balaban J connectivity index is 1.49. The van der Waals surface area contributed by atoms with E-state index in [0.717, 1.165) is 11.3 Å².